The molecule has 9 nitrogen and oxygen atoms in total. The molecule has 4 rings (SSSR count). The van der Waals surface area contributed by atoms with Crippen molar-refractivity contribution in [3.63, 3.8) is 0 Å². The number of likely N-dealkylation sites (tertiary alicyclic amines) is 1. The van der Waals surface area contributed by atoms with Crippen molar-refractivity contribution in [3.05, 3.63) is 24.2 Å². The summed E-state index contributed by atoms with van der Waals surface area (Å²) in [5.74, 6) is 2.16. The van der Waals surface area contributed by atoms with Crippen LogP contribution in [0.15, 0.2) is 22.9 Å². The summed E-state index contributed by atoms with van der Waals surface area (Å²) in [6.45, 7) is 11.2. The van der Waals surface area contributed by atoms with Crippen LogP contribution in [0.2, 0.25) is 0 Å². The zero-order valence-electron chi connectivity index (χ0n) is 18.6. The first kappa shape index (κ1) is 21.3. The summed E-state index contributed by atoms with van der Waals surface area (Å²) in [6.07, 6.45) is 2.08. The number of nitrogens with zero attached hydrogens (tertiary/aromatic N) is 6. The van der Waals surface area contributed by atoms with Gasteiger partial charge < -0.3 is 19.2 Å². The molecule has 2 fully saturated rings. The largest absolute Gasteiger partial charge is 0.353 e. The van der Waals surface area contributed by atoms with Crippen molar-refractivity contribution in [1.82, 2.24) is 24.9 Å². The van der Waals surface area contributed by atoms with Gasteiger partial charge in [-0.2, -0.15) is 4.98 Å². The standard InChI is InChI=1S/C22H30N6O3/c1-14(2)21-24-20(25-31-21)16-5-6-18(23-12-16)26-7-9-27(10-8-26)22(30)17-11-19(29)28(13-17)15(3)4/h5-6,12,14-15,17H,7-11,13H2,1-4H3. The van der Waals surface area contributed by atoms with Gasteiger partial charge in [0.2, 0.25) is 23.5 Å². The molecule has 1 atom stereocenters. The number of anilines is 1. The molecule has 2 amide bonds. The average Bonchev–Trinajstić information content (AvgIpc) is 3.41. The van der Waals surface area contributed by atoms with Crippen LogP contribution in [0.5, 0.6) is 0 Å². The van der Waals surface area contributed by atoms with Crippen LogP contribution in [0.1, 0.15) is 45.9 Å². The van der Waals surface area contributed by atoms with Crippen molar-refractivity contribution in [2.24, 2.45) is 5.92 Å². The van der Waals surface area contributed by atoms with E-state index in [-0.39, 0.29) is 29.7 Å². The van der Waals surface area contributed by atoms with Crippen LogP contribution in [-0.4, -0.2) is 75.5 Å². The number of piperazine rings is 1. The molecule has 2 aromatic heterocycles. The molecule has 2 aliphatic heterocycles. The molecule has 0 aliphatic carbocycles. The van der Waals surface area contributed by atoms with Crippen LogP contribution in [0.25, 0.3) is 11.4 Å². The van der Waals surface area contributed by atoms with Gasteiger partial charge in [0.15, 0.2) is 0 Å². The Morgan fingerprint density at radius 2 is 1.87 bits per heavy atom. The minimum absolute atomic E-state index is 0.0818. The first-order chi connectivity index (χ1) is 14.8. The van der Waals surface area contributed by atoms with Gasteiger partial charge in [-0.1, -0.05) is 19.0 Å². The molecule has 2 aliphatic rings. The lowest BCUT2D eigenvalue weighted by atomic mass is 10.1. The van der Waals surface area contributed by atoms with Gasteiger partial charge in [0.25, 0.3) is 0 Å². The zero-order valence-corrected chi connectivity index (χ0v) is 18.6. The van der Waals surface area contributed by atoms with Gasteiger partial charge in [-0.05, 0) is 26.0 Å². The SMILES string of the molecule is CC(C)c1nc(-c2ccc(N3CCN(C(=O)C4CC(=O)N(C(C)C)C4)CC3)nc2)no1. The van der Waals surface area contributed by atoms with E-state index < -0.39 is 0 Å². The van der Waals surface area contributed by atoms with E-state index >= 15 is 0 Å². The molecule has 0 bridgehead atoms. The van der Waals surface area contributed by atoms with Crippen molar-refractivity contribution in [2.45, 2.75) is 46.1 Å². The topological polar surface area (TPSA) is 95.7 Å². The summed E-state index contributed by atoms with van der Waals surface area (Å²) in [5.41, 5.74) is 0.814. The Balaban J connectivity index is 1.33. The van der Waals surface area contributed by atoms with Gasteiger partial charge in [-0.15, -0.1) is 0 Å². The number of amides is 2. The Hall–Kier alpha value is -2.97. The Morgan fingerprint density at radius 3 is 2.42 bits per heavy atom. The fourth-order valence-electron chi connectivity index (χ4n) is 4.10. The number of rotatable bonds is 5. The minimum atomic E-state index is -0.218. The highest BCUT2D eigenvalue weighted by atomic mass is 16.5. The number of carbonyl (C=O) groups excluding carboxylic acids is 2. The molecule has 2 aromatic rings. The van der Waals surface area contributed by atoms with Gasteiger partial charge in [-0.25, -0.2) is 4.98 Å². The lowest BCUT2D eigenvalue weighted by Crippen LogP contribution is -2.51. The maximum absolute atomic E-state index is 12.9. The van der Waals surface area contributed by atoms with E-state index in [0.717, 1.165) is 11.4 Å². The maximum Gasteiger partial charge on any atom is 0.229 e. The number of carbonyl (C=O) groups is 2. The van der Waals surface area contributed by atoms with E-state index in [2.05, 4.69) is 20.0 Å². The third kappa shape index (κ3) is 4.40. The van der Waals surface area contributed by atoms with E-state index in [0.29, 0.717) is 50.9 Å². The summed E-state index contributed by atoms with van der Waals surface area (Å²) in [4.78, 5) is 39.9. The lowest BCUT2D eigenvalue weighted by molar-refractivity contribution is -0.136. The molecular weight excluding hydrogens is 396 g/mol. The molecule has 0 radical (unpaired) electrons. The lowest BCUT2D eigenvalue weighted by Gasteiger charge is -2.36. The van der Waals surface area contributed by atoms with Crippen LogP contribution in [0, 0.1) is 5.92 Å². The Bertz CT molecular complexity index is 931. The van der Waals surface area contributed by atoms with E-state index in [1.165, 1.54) is 0 Å². The average molecular weight is 427 g/mol. The van der Waals surface area contributed by atoms with E-state index in [1.54, 1.807) is 11.1 Å². The van der Waals surface area contributed by atoms with Gasteiger partial charge in [0.1, 0.15) is 5.82 Å². The first-order valence-corrected chi connectivity index (χ1v) is 11.0. The summed E-state index contributed by atoms with van der Waals surface area (Å²) in [6, 6.07) is 4.04. The fourth-order valence-corrected chi connectivity index (χ4v) is 4.10. The Kier molecular flexibility index (Phi) is 5.93. The highest BCUT2D eigenvalue weighted by molar-refractivity contribution is 5.89. The van der Waals surface area contributed by atoms with Crippen LogP contribution in [0.4, 0.5) is 5.82 Å². The van der Waals surface area contributed by atoms with Gasteiger partial charge >= 0.3 is 0 Å². The summed E-state index contributed by atoms with van der Waals surface area (Å²) >= 11 is 0. The van der Waals surface area contributed by atoms with Crippen molar-refractivity contribution < 1.29 is 14.1 Å². The van der Waals surface area contributed by atoms with Gasteiger partial charge in [0, 0.05) is 62.9 Å². The molecule has 31 heavy (non-hydrogen) atoms. The van der Waals surface area contributed by atoms with Crippen LogP contribution in [-0.2, 0) is 9.59 Å². The molecule has 1 unspecified atom stereocenters. The molecule has 166 valence electrons. The second-order valence-corrected chi connectivity index (χ2v) is 8.87. The van der Waals surface area contributed by atoms with Crippen molar-refractivity contribution in [3.8, 4) is 11.4 Å². The van der Waals surface area contributed by atoms with E-state index in [1.807, 2.05) is 44.7 Å². The molecule has 4 heterocycles. The number of hydrogen-bond donors (Lipinski definition) is 0. The van der Waals surface area contributed by atoms with Crippen molar-refractivity contribution in [1.29, 1.82) is 0 Å². The quantitative estimate of drug-likeness (QED) is 0.723. The number of hydrogen-bond acceptors (Lipinski definition) is 7. The summed E-state index contributed by atoms with van der Waals surface area (Å²) in [5, 5.41) is 4.03. The molecule has 0 spiro atoms. The van der Waals surface area contributed by atoms with E-state index in [9.17, 15) is 9.59 Å². The summed E-state index contributed by atoms with van der Waals surface area (Å²) < 4.78 is 5.27. The van der Waals surface area contributed by atoms with Crippen LogP contribution >= 0.6 is 0 Å². The highest BCUT2D eigenvalue weighted by Crippen LogP contribution is 2.24. The van der Waals surface area contributed by atoms with Crippen molar-refractivity contribution >= 4 is 17.6 Å². The second-order valence-electron chi connectivity index (χ2n) is 8.87. The monoisotopic (exact) mass is 426 g/mol. The smallest absolute Gasteiger partial charge is 0.229 e. The Morgan fingerprint density at radius 1 is 1.13 bits per heavy atom. The van der Waals surface area contributed by atoms with Crippen molar-refractivity contribution in [2.75, 3.05) is 37.6 Å². The number of aromatic nitrogens is 3. The molecule has 0 saturated carbocycles. The predicted octanol–water partition coefficient (Wildman–Crippen LogP) is 2.16. The highest BCUT2D eigenvalue weighted by Gasteiger charge is 2.38. The fraction of sp³-hybridized carbons (Fsp3) is 0.591. The third-order valence-electron chi connectivity index (χ3n) is 5.99. The second kappa shape index (κ2) is 8.64. The third-order valence-corrected chi connectivity index (χ3v) is 5.99. The van der Waals surface area contributed by atoms with Gasteiger partial charge in [-0.3, -0.25) is 9.59 Å². The van der Waals surface area contributed by atoms with Gasteiger partial charge in [0.05, 0.1) is 5.92 Å². The maximum atomic E-state index is 12.9. The number of pyridine rings is 1. The molecular formula is C22H30N6O3. The zero-order chi connectivity index (χ0) is 22.1. The van der Waals surface area contributed by atoms with E-state index in [4.69, 9.17) is 4.52 Å². The minimum Gasteiger partial charge on any atom is -0.353 e. The first-order valence-electron chi connectivity index (χ1n) is 11.0. The van der Waals surface area contributed by atoms with Crippen LogP contribution < -0.4 is 4.90 Å². The molecule has 2 saturated heterocycles. The molecule has 0 N–H and O–H groups in total. The molecule has 9 heteroatoms. The predicted molar refractivity (Wildman–Crippen MR) is 115 cm³/mol. The summed E-state index contributed by atoms with van der Waals surface area (Å²) in [7, 11) is 0. The van der Waals surface area contributed by atoms with Crippen LogP contribution in [0.3, 0.4) is 0 Å². The molecule has 0 aromatic carbocycles. The normalized spacial score (nSPS) is 19.7. The Labute approximate surface area is 182 Å².